The van der Waals surface area contributed by atoms with Gasteiger partial charge in [0.25, 0.3) is 5.91 Å². The molecule has 0 saturated carbocycles. The van der Waals surface area contributed by atoms with Gasteiger partial charge in [-0.05, 0) is 48.8 Å². The minimum absolute atomic E-state index is 0.195. The van der Waals surface area contributed by atoms with Crippen LogP contribution in [0.3, 0.4) is 0 Å². The first-order valence-electron chi connectivity index (χ1n) is 22.2. The van der Waals surface area contributed by atoms with Gasteiger partial charge in [0, 0.05) is 26.4 Å². The Hall–Kier alpha value is -5.51. The van der Waals surface area contributed by atoms with Gasteiger partial charge < -0.3 is 46.1 Å². The number of nitrogens with zero attached hydrogens (tertiary/aromatic N) is 2. The number of carbonyl (C=O) groups excluding carboxylic acids is 8. The maximum Gasteiger partial charge on any atom is 0.391 e. The third-order valence-corrected chi connectivity index (χ3v) is 12.3. The maximum atomic E-state index is 14.6. The number of aliphatic hydroxyl groups is 1. The van der Waals surface area contributed by atoms with Crippen molar-refractivity contribution in [1.82, 2.24) is 41.9 Å². The molecular formula is C44H67F3N8O11. The molecule has 3 rings (SSSR count). The van der Waals surface area contributed by atoms with Gasteiger partial charge in [0.15, 0.2) is 0 Å². The van der Waals surface area contributed by atoms with Crippen LogP contribution in [0.15, 0.2) is 24.3 Å². The number of carbonyl (C=O) groups is 8. The predicted octanol–water partition coefficient (Wildman–Crippen LogP) is 0.867. The molecule has 0 radical (unpaired) electrons. The number of fused-ring (bicyclic) bond motifs is 1. The molecule has 1 aromatic rings. The molecule has 2 heterocycles. The van der Waals surface area contributed by atoms with E-state index in [0.717, 1.165) is 23.9 Å². The zero-order valence-electron chi connectivity index (χ0n) is 39.2. The molecule has 0 aromatic heterocycles. The van der Waals surface area contributed by atoms with E-state index in [0.29, 0.717) is 24.1 Å². The Morgan fingerprint density at radius 2 is 1.56 bits per heavy atom. The second kappa shape index (κ2) is 24.3. The fourth-order valence-corrected chi connectivity index (χ4v) is 7.78. The van der Waals surface area contributed by atoms with Crippen LogP contribution in [0.5, 0.6) is 5.75 Å². The van der Waals surface area contributed by atoms with Crippen LogP contribution >= 0.6 is 0 Å². The zero-order chi connectivity index (χ0) is 49.8. The van der Waals surface area contributed by atoms with Gasteiger partial charge in [-0.2, -0.15) is 13.2 Å². The summed E-state index contributed by atoms with van der Waals surface area (Å²) in [6.07, 6.45) is -8.23. The summed E-state index contributed by atoms with van der Waals surface area (Å²) in [5, 5.41) is 24.3. The second-order valence-corrected chi connectivity index (χ2v) is 17.6. The Morgan fingerprint density at radius 3 is 2.11 bits per heavy atom. The molecule has 7 N–H and O–H groups in total. The molecule has 2 saturated heterocycles. The van der Waals surface area contributed by atoms with E-state index in [1.807, 2.05) is 0 Å². The van der Waals surface area contributed by atoms with Crippen molar-refractivity contribution in [1.29, 1.82) is 0 Å². The number of nitrogens with one attached hydrogen (secondary N) is 6. The fraction of sp³-hybridized carbons (Fsp3) is 0.682. The van der Waals surface area contributed by atoms with Gasteiger partial charge in [0.2, 0.25) is 35.9 Å². The van der Waals surface area contributed by atoms with Crippen LogP contribution in [0.1, 0.15) is 86.6 Å². The minimum atomic E-state index is -4.83. The lowest BCUT2D eigenvalue weighted by Crippen LogP contribution is -2.67. The fourth-order valence-electron chi connectivity index (χ4n) is 7.78. The number of likely N-dealkylation sites (N-methyl/N-ethyl adjacent to an activating group) is 1. The maximum absolute atomic E-state index is 14.6. The van der Waals surface area contributed by atoms with Gasteiger partial charge in [-0.3, -0.25) is 38.6 Å². The first kappa shape index (κ1) is 54.8. The van der Waals surface area contributed by atoms with Crippen molar-refractivity contribution < 1.29 is 66.1 Å². The first-order chi connectivity index (χ1) is 30.9. The molecule has 1 aromatic carbocycles. The molecule has 370 valence electrons. The molecule has 0 bridgehead atoms. The zero-order valence-corrected chi connectivity index (χ0v) is 39.2. The van der Waals surface area contributed by atoms with Crippen LogP contribution < -0.4 is 36.7 Å². The van der Waals surface area contributed by atoms with Crippen LogP contribution in [0.25, 0.3) is 0 Å². The van der Waals surface area contributed by atoms with Crippen molar-refractivity contribution in [3.63, 3.8) is 0 Å². The number of esters is 1. The molecule has 7 amide bonds. The lowest BCUT2D eigenvalue weighted by atomic mass is 9.94. The molecule has 11 unspecified atom stereocenters. The number of rotatable bonds is 14. The predicted molar refractivity (Wildman–Crippen MR) is 232 cm³/mol. The average Bonchev–Trinajstić information content (AvgIpc) is 3.26. The largest absolute Gasteiger partial charge is 0.497 e. The van der Waals surface area contributed by atoms with Gasteiger partial charge in [-0.1, -0.05) is 73.4 Å². The third-order valence-electron chi connectivity index (χ3n) is 12.3. The van der Waals surface area contributed by atoms with E-state index >= 15 is 0 Å². The van der Waals surface area contributed by atoms with Crippen LogP contribution in [-0.4, -0.2) is 144 Å². The molecular weight excluding hydrogens is 874 g/mol. The van der Waals surface area contributed by atoms with Gasteiger partial charge in [-0.15, -0.1) is 0 Å². The highest BCUT2D eigenvalue weighted by Gasteiger charge is 2.46. The van der Waals surface area contributed by atoms with E-state index in [1.165, 1.54) is 27.9 Å². The molecule has 0 spiro atoms. The van der Waals surface area contributed by atoms with E-state index in [9.17, 15) is 56.6 Å². The molecule has 19 nitrogen and oxygen atoms in total. The summed E-state index contributed by atoms with van der Waals surface area (Å²) in [4.78, 5) is 113. The smallest absolute Gasteiger partial charge is 0.391 e. The summed E-state index contributed by atoms with van der Waals surface area (Å²) in [7, 11) is 2.59. The standard InChI is InChI=1S/C44H67F3N8O11/c1-11-23(5)33(48-21-56)39(60)53-35-26(8)66-43(64)36(22(3)4)54(9)41(62)31(17-25(7)44(45,46)47)51-38(59)32-19-28(57)20-49-55(32)42(63)34(24(6)12-2)52-37(58)30(50-40(35)61)18-27-13-15-29(65-10)16-14-27/h13-16,21-26,28,30-36,49,57H,11-12,17-20H2,1-10H3,(H,48,56)(H,50,61)(H,51,59)(H,52,58)(H,53,60)/t23?,24?,25?,26-,28?,30?,31?,32?,33?,34?,35?,36?/m0/s1. The number of alkyl halides is 3. The van der Waals surface area contributed by atoms with E-state index in [4.69, 9.17) is 9.47 Å². The lowest BCUT2D eigenvalue weighted by molar-refractivity contribution is -0.176. The number of cyclic esters (lactones) is 1. The Morgan fingerprint density at radius 1 is 0.939 bits per heavy atom. The Balaban J connectivity index is 2.31. The van der Waals surface area contributed by atoms with E-state index < -0.39 is 139 Å². The van der Waals surface area contributed by atoms with Crippen molar-refractivity contribution in [3.05, 3.63) is 29.8 Å². The van der Waals surface area contributed by atoms with E-state index in [-0.39, 0.29) is 19.4 Å². The number of aliphatic hydroxyl groups excluding tert-OH is 1. The minimum Gasteiger partial charge on any atom is -0.497 e. The van der Waals surface area contributed by atoms with Gasteiger partial charge in [0.05, 0.1) is 19.1 Å². The molecule has 0 aliphatic carbocycles. The number of hydrazine groups is 1. The quantitative estimate of drug-likeness (QED) is 0.101. The number of halogens is 3. The second-order valence-electron chi connectivity index (χ2n) is 17.6. The highest BCUT2D eigenvalue weighted by Crippen LogP contribution is 2.30. The van der Waals surface area contributed by atoms with Crippen molar-refractivity contribution in [2.45, 2.75) is 148 Å². The van der Waals surface area contributed by atoms with Crippen LogP contribution in [0, 0.1) is 23.7 Å². The number of methoxy groups -OCH3 is 1. The summed E-state index contributed by atoms with van der Waals surface area (Å²) in [5.74, 6) is -10.6. The van der Waals surface area contributed by atoms with E-state index in [2.05, 4.69) is 32.0 Å². The van der Waals surface area contributed by atoms with Crippen LogP contribution in [0.4, 0.5) is 13.2 Å². The highest BCUT2D eigenvalue weighted by atomic mass is 19.4. The molecule has 22 heteroatoms. The molecule has 2 fully saturated rings. The number of benzene rings is 1. The molecule has 66 heavy (non-hydrogen) atoms. The lowest BCUT2D eigenvalue weighted by Gasteiger charge is -2.41. The topological polar surface area (TPSA) is 254 Å². The van der Waals surface area contributed by atoms with Crippen LogP contribution in [-0.2, 0) is 49.5 Å². The van der Waals surface area contributed by atoms with Gasteiger partial charge in [-0.25, -0.2) is 10.2 Å². The summed E-state index contributed by atoms with van der Waals surface area (Å²) in [6.45, 7) is 11.7. The normalized spacial score (nSPS) is 27.3. The van der Waals surface area contributed by atoms with Gasteiger partial charge in [0.1, 0.15) is 54.1 Å². The molecule has 2 aliphatic rings. The number of amides is 7. The summed E-state index contributed by atoms with van der Waals surface area (Å²) >= 11 is 0. The number of hydrogen-bond acceptors (Lipinski definition) is 12. The Kier molecular flexibility index (Phi) is 20.2. The first-order valence-corrected chi connectivity index (χ1v) is 22.2. The van der Waals surface area contributed by atoms with Crippen molar-refractivity contribution in [2.75, 3.05) is 20.7 Å². The molecule has 12 atom stereocenters. The van der Waals surface area contributed by atoms with Gasteiger partial charge >= 0.3 is 12.1 Å². The SMILES string of the molecule is CCC(C)C(NC=O)C(=O)NC1C(=O)NC(Cc2ccc(OC)cc2)C(=O)NC(C(C)CC)C(=O)N2NCC(O)CC2C(=O)NC(CC(C)C(F)(F)F)C(=O)N(C)C(C(C)C)C(=O)O[C@H]1C. The summed E-state index contributed by atoms with van der Waals surface area (Å²) < 4.78 is 53.3. The van der Waals surface area contributed by atoms with Crippen molar-refractivity contribution >= 4 is 47.8 Å². The van der Waals surface area contributed by atoms with Crippen LogP contribution in [0.2, 0.25) is 0 Å². The van der Waals surface area contributed by atoms with Crippen molar-refractivity contribution in [3.8, 4) is 5.75 Å². The average molecular weight is 941 g/mol. The monoisotopic (exact) mass is 940 g/mol. The molecule has 2 aliphatic heterocycles. The Bertz CT molecular complexity index is 1870. The summed E-state index contributed by atoms with van der Waals surface area (Å²) in [5.41, 5.74) is 3.21. The highest BCUT2D eigenvalue weighted by molar-refractivity contribution is 5.98. The van der Waals surface area contributed by atoms with E-state index in [1.54, 1.807) is 52.0 Å². The summed E-state index contributed by atoms with van der Waals surface area (Å²) in [6, 6.07) is -4.46. The Labute approximate surface area is 383 Å². The number of ether oxygens (including phenoxy) is 2. The number of β-amino-alcohol motifs (C(OH)–C–C–N with tert-alkyl or cyclic N) is 1. The third kappa shape index (κ3) is 14.2. The number of hydrogen-bond donors (Lipinski definition) is 7. The van der Waals surface area contributed by atoms with Crippen molar-refractivity contribution in [2.24, 2.45) is 23.7 Å².